The third-order valence-corrected chi connectivity index (χ3v) is 4.39. The molecule has 0 fully saturated rings. The molecule has 0 unspecified atom stereocenters. The lowest BCUT2D eigenvalue weighted by molar-refractivity contribution is 0.860. The van der Waals surface area contributed by atoms with Gasteiger partial charge < -0.3 is 10.7 Å². The first-order valence-corrected chi connectivity index (χ1v) is 8.69. The van der Waals surface area contributed by atoms with E-state index in [1.807, 2.05) is 37.3 Å². The summed E-state index contributed by atoms with van der Waals surface area (Å²) in [5.74, 6) is 1.42. The number of nitrogens with one attached hydrogen (secondary N) is 1. The number of aromatic nitrogens is 4. The van der Waals surface area contributed by atoms with Crippen LogP contribution < -0.4 is 5.73 Å². The summed E-state index contributed by atoms with van der Waals surface area (Å²) >= 11 is 0. The summed E-state index contributed by atoms with van der Waals surface area (Å²) in [6, 6.07) is 15.5. The average Bonchev–Trinajstić information content (AvgIpc) is 3.08. The van der Waals surface area contributed by atoms with E-state index in [9.17, 15) is 0 Å². The fourth-order valence-corrected chi connectivity index (χ4v) is 3.11. The van der Waals surface area contributed by atoms with Crippen molar-refractivity contribution in [1.29, 1.82) is 5.26 Å². The van der Waals surface area contributed by atoms with Crippen molar-refractivity contribution >= 4 is 17.0 Å². The normalized spacial score (nSPS) is 10.8. The minimum absolute atomic E-state index is 0.545. The van der Waals surface area contributed by atoms with Gasteiger partial charge in [0.1, 0.15) is 11.6 Å². The summed E-state index contributed by atoms with van der Waals surface area (Å²) in [6.07, 6.45) is 3.30. The van der Waals surface area contributed by atoms with Crippen LogP contribution in [0.25, 0.3) is 22.3 Å². The van der Waals surface area contributed by atoms with E-state index in [0.717, 1.165) is 46.6 Å². The lowest BCUT2D eigenvalue weighted by Gasteiger charge is -2.02. The molecule has 6 heteroatoms. The van der Waals surface area contributed by atoms with Gasteiger partial charge in [-0.1, -0.05) is 12.1 Å². The Hall–Kier alpha value is -3.72. The molecule has 27 heavy (non-hydrogen) atoms. The van der Waals surface area contributed by atoms with Crippen molar-refractivity contribution in [2.75, 3.05) is 5.73 Å². The van der Waals surface area contributed by atoms with Crippen LogP contribution in [0.5, 0.6) is 0 Å². The van der Waals surface area contributed by atoms with Crippen LogP contribution in [-0.4, -0.2) is 19.9 Å². The molecule has 0 bridgehead atoms. The number of hydrogen-bond donors (Lipinski definition) is 2. The fraction of sp³-hybridized carbons (Fsp3) is 0.143. The van der Waals surface area contributed by atoms with Gasteiger partial charge in [-0.15, -0.1) is 0 Å². The average molecular weight is 354 g/mol. The van der Waals surface area contributed by atoms with E-state index in [1.54, 1.807) is 18.3 Å². The smallest absolute Gasteiger partial charge is 0.177 e. The van der Waals surface area contributed by atoms with Crippen LogP contribution in [0, 0.1) is 18.3 Å². The molecule has 0 aliphatic heterocycles. The number of aromatic amines is 1. The van der Waals surface area contributed by atoms with Crippen molar-refractivity contribution < 1.29 is 0 Å². The molecule has 0 aliphatic rings. The molecule has 4 aromatic rings. The van der Waals surface area contributed by atoms with Gasteiger partial charge >= 0.3 is 0 Å². The van der Waals surface area contributed by atoms with Gasteiger partial charge in [0.25, 0.3) is 0 Å². The molecule has 0 radical (unpaired) electrons. The number of hydrogen-bond acceptors (Lipinski definition) is 5. The topological polar surface area (TPSA) is 104 Å². The molecule has 3 heterocycles. The van der Waals surface area contributed by atoms with Crippen LogP contribution in [0.2, 0.25) is 0 Å². The Labute approximate surface area is 156 Å². The molecule has 3 N–H and O–H groups in total. The van der Waals surface area contributed by atoms with Gasteiger partial charge in [-0.3, -0.25) is 0 Å². The standard InChI is InChI=1S/C21H18N6/c1-13-8-17(25-19(23)9-13)6-7-20-26-18-10-16(12-24-21(18)27-20)15-4-2-14(11-22)3-5-15/h2-5,8-10,12H,6-7H2,1H3,(H2,23,25)(H,24,26,27). The Morgan fingerprint density at radius 3 is 2.59 bits per heavy atom. The van der Waals surface area contributed by atoms with Gasteiger partial charge in [0, 0.05) is 23.9 Å². The van der Waals surface area contributed by atoms with Crippen molar-refractivity contribution in [3.8, 4) is 17.2 Å². The zero-order valence-electron chi connectivity index (χ0n) is 14.9. The lowest BCUT2D eigenvalue weighted by Crippen LogP contribution is -2.00. The number of fused-ring (bicyclic) bond motifs is 1. The van der Waals surface area contributed by atoms with Gasteiger partial charge in [-0.05, 0) is 54.8 Å². The Kier molecular flexibility index (Phi) is 4.27. The van der Waals surface area contributed by atoms with Crippen molar-refractivity contribution in [3.05, 3.63) is 71.3 Å². The van der Waals surface area contributed by atoms with Crippen LogP contribution in [0.15, 0.2) is 48.7 Å². The molecular formula is C21H18N6. The maximum Gasteiger partial charge on any atom is 0.177 e. The second-order valence-electron chi connectivity index (χ2n) is 6.53. The molecule has 6 nitrogen and oxygen atoms in total. The van der Waals surface area contributed by atoms with E-state index >= 15 is 0 Å². The number of nitrogens with two attached hydrogens (primary N) is 1. The highest BCUT2D eigenvalue weighted by atomic mass is 15.0. The van der Waals surface area contributed by atoms with Crippen molar-refractivity contribution in [2.24, 2.45) is 0 Å². The third-order valence-electron chi connectivity index (χ3n) is 4.39. The first-order valence-electron chi connectivity index (χ1n) is 8.69. The maximum absolute atomic E-state index is 8.92. The first kappa shape index (κ1) is 16.7. The number of H-pyrrole nitrogens is 1. The quantitative estimate of drug-likeness (QED) is 0.583. The predicted octanol–water partition coefficient (Wildman–Crippen LogP) is 3.57. The molecule has 0 atom stereocenters. The monoisotopic (exact) mass is 354 g/mol. The molecule has 0 saturated carbocycles. The summed E-state index contributed by atoms with van der Waals surface area (Å²) in [5.41, 5.74) is 12.1. The van der Waals surface area contributed by atoms with E-state index in [-0.39, 0.29) is 0 Å². The molecule has 4 rings (SSSR count). The van der Waals surface area contributed by atoms with Crippen LogP contribution in [0.3, 0.4) is 0 Å². The Morgan fingerprint density at radius 2 is 1.85 bits per heavy atom. The van der Waals surface area contributed by atoms with Crippen LogP contribution in [0.4, 0.5) is 5.82 Å². The molecule has 3 aromatic heterocycles. The SMILES string of the molecule is Cc1cc(N)nc(CCc2nc3ncc(-c4ccc(C#N)cc4)cc3[nH]2)c1. The summed E-state index contributed by atoms with van der Waals surface area (Å²) in [4.78, 5) is 16.7. The molecule has 0 amide bonds. The minimum atomic E-state index is 0.545. The molecule has 0 saturated heterocycles. The number of nitrogen functional groups attached to an aromatic ring is 1. The van der Waals surface area contributed by atoms with Gasteiger partial charge in [0.15, 0.2) is 5.65 Å². The summed E-state index contributed by atoms with van der Waals surface area (Å²) in [5, 5.41) is 8.92. The second-order valence-corrected chi connectivity index (χ2v) is 6.53. The van der Waals surface area contributed by atoms with Crippen molar-refractivity contribution in [1.82, 2.24) is 19.9 Å². The number of nitriles is 1. The first-order chi connectivity index (χ1) is 13.1. The molecular weight excluding hydrogens is 336 g/mol. The Morgan fingerprint density at radius 1 is 1.04 bits per heavy atom. The highest BCUT2D eigenvalue weighted by Crippen LogP contribution is 2.22. The number of pyridine rings is 2. The maximum atomic E-state index is 8.92. The number of benzene rings is 1. The van der Waals surface area contributed by atoms with E-state index in [4.69, 9.17) is 11.0 Å². The second kappa shape index (κ2) is 6.89. The van der Waals surface area contributed by atoms with Gasteiger partial charge in [0.2, 0.25) is 0 Å². The summed E-state index contributed by atoms with van der Waals surface area (Å²) in [7, 11) is 0. The highest BCUT2D eigenvalue weighted by Gasteiger charge is 2.08. The molecule has 1 aromatic carbocycles. The van der Waals surface area contributed by atoms with Gasteiger partial charge in [-0.25, -0.2) is 15.0 Å². The molecule has 132 valence electrons. The summed E-state index contributed by atoms with van der Waals surface area (Å²) in [6.45, 7) is 2.01. The van der Waals surface area contributed by atoms with Crippen LogP contribution in [-0.2, 0) is 12.8 Å². The third kappa shape index (κ3) is 3.62. The largest absolute Gasteiger partial charge is 0.384 e. The Balaban J connectivity index is 1.56. The van der Waals surface area contributed by atoms with E-state index < -0.39 is 0 Å². The predicted molar refractivity (Wildman–Crippen MR) is 105 cm³/mol. The highest BCUT2D eigenvalue weighted by molar-refractivity contribution is 5.78. The van der Waals surface area contributed by atoms with E-state index in [0.29, 0.717) is 17.0 Å². The zero-order chi connectivity index (χ0) is 18.8. The number of imidazole rings is 1. The lowest BCUT2D eigenvalue weighted by atomic mass is 10.1. The van der Waals surface area contributed by atoms with Crippen molar-refractivity contribution in [3.63, 3.8) is 0 Å². The fourth-order valence-electron chi connectivity index (χ4n) is 3.11. The number of aryl methyl sites for hydroxylation is 3. The van der Waals surface area contributed by atoms with Crippen molar-refractivity contribution in [2.45, 2.75) is 19.8 Å². The van der Waals surface area contributed by atoms with Crippen LogP contribution >= 0.6 is 0 Å². The molecule has 0 spiro atoms. The minimum Gasteiger partial charge on any atom is -0.384 e. The van der Waals surface area contributed by atoms with E-state index in [1.165, 1.54) is 0 Å². The van der Waals surface area contributed by atoms with Gasteiger partial charge in [0.05, 0.1) is 17.1 Å². The van der Waals surface area contributed by atoms with E-state index in [2.05, 4.69) is 26.0 Å². The number of nitrogens with zero attached hydrogens (tertiary/aromatic N) is 4. The number of anilines is 1. The number of rotatable bonds is 4. The van der Waals surface area contributed by atoms with Crippen LogP contribution in [0.1, 0.15) is 22.6 Å². The zero-order valence-corrected chi connectivity index (χ0v) is 14.9. The molecule has 0 aliphatic carbocycles. The Bertz CT molecular complexity index is 1130. The summed E-state index contributed by atoms with van der Waals surface area (Å²) < 4.78 is 0. The van der Waals surface area contributed by atoms with Gasteiger partial charge in [-0.2, -0.15) is 5.26 Å².